The quantitative estimate of drug-likeness (QED) is 0.0320. The molecule has 1 amide bonds. The van der Waals surface area contributed by atoms with Gasteiger partial charge in [-0.1, -0.05) is 373 Å². The number of nitrogens with one attached hydrogen (secondary N) is 1. The van der Waals surface area contributed by atoms with E-state index in [2.05, 4.69) is 31.3 Å². The second-order valence-electron chi connectivity index (χ2n) is 25.6. The number of allylic oxidation sites excluding steroid dienone is 2. The number of unbranched alkanes of at least 4 members (excludes halogenated alkanes) is 57. The number of esters is 1. The molecule has 0 fully saturated rings. The zero-order valence-electron chi connectivity index (χ0n) is 54.6. The SMILES string of the molecule is CCCCCCCCCCCCCCCCCCCC(O)C(CO)NC(=O)CCCCCCCCCCCCCCCCC/C=C\CCCCCCCCCCCCCCOC(=O)CCCCCCCCCCCCCCCCC. The molecule has 0 saturated heterocycles. The van der Waals surface area contributed by atoms with E-state index in [4.69, 9.17) is 4.74 Å². The Labute approximate surface area is 501 Å². The first-order valence-electron chi connectivity index (χ1n) is 36.9. The van der Waals surface area contributed by atoms with Crippen molar-refractivity contribution < 1.29 is 24.5 Å². The average molecular weight is 1130 g/mol. The molecule has 0 spiro atoms. The van der Waals surface area contributed by atoms with Gasteiger partial charge in [0.25, 0.3) is 0 Å². The van der Waals surface area contributed by atoms with Crippen LogP contribution in [0, 0.1) is 0 Å². The first-order chi connectivity index (χ1) is 39.5. The first kappa shape index (κ1) is 78.6. The van der Waals surface area contributed by atoms with E-state index in [1.165, 1.54) is 353 Å². The van der Waals surface area contributed by atoms with Crippen LogP contribution >= 0.6 is 0 Å². The Morgan fingerprint density at radius 1 is 0.338 bits per heavy atom. The number of rotatable bonds is 70. The van der Waals surface area contributed by atoms with Crippen LogP contribution in [0.4, 0.5) is 0 Å². The van der Waals surface area contributed by atoms with Gasteiger partial charge in [0.15, 0.2) is 0 Å². The molecule has 476 valence electrons. The van der Waals surface area contributed by atoms with Crippen LogP contribution in [0.25, 0.3) is 0 Å². The summed E-state index contributed by atoms with van der Waals surface area (Å²) in [4.78, 5) is 24.6. The Morgan fingerprint density at radius 3 is 0.887 bits per heavy atom. The van der Waals surface area contributed by atoms with E-state index < -0.39 is 12.1 Å². The fourth-order valence-electron chi connectivity index (χ4n) is 11.9. The van der Waals surface area contributed by atoms with Crippen molar-refractivity contribution in [3.63, 3.8) is 0 Å². The maximum atomic E-state index is 12.5. The zero-order chi connectivity index (χ0) is 57.8. The molecule has 6 nitrogen and oxygen atoms in total. The van der Waals surface area contributed by atoms with Crippen molar-refractivity contribution in [3.8, 4) is 0 Å². The Hall–Kier alpha value is -1.40. The minimum absolute atomic E-state index is 0.0217. The molecule has 0 saturated carbocycles. The molecule has 0 aromatic carbocycles. The Bertz CT molecular complexity index is 1210. The Kier molecular flexibility index (Phi) is 68.9. The van der Waals surface area contributed by atoms with Crippen molar-refractivity contribution >= 4 is 11.9 Å². The third kappa shape index (κ3) is 65.7. The van der Waals surface area contributed by atoms with Crippen LogP contribution in [0.5, 0.6) is 0 Å². The summed E-state index contributed by atoms with van der Waals surface area (Å²) in [6, 6.07) is -0.539. The molecule has 2 unspecified atom stereocenters. The normalized spacial score (nSPS) is 12.5. The summed E-state index contributed by atoms with van der Waals surface area (Å²) in [7, 11) is 0. The maximum absolute atomic E-state index is 12.5. The van der Waals surface area contributed by atoms with Crippen molar-refractivity contribution in [2.75, 3.05) is 13.2 Å². The van der Waals surface area contributed by atoms with Crippen molar-refractivity contribution in [1.82, 2.24) is 5.32 Å². The first-order valence-corrected chi connectivity index (χ1v) is 36.9. The molecule has 0 aromatic rings. The summed E-state index contributed by atoms with van der Waals surface area (Å²) in [5, 5.41) is 23.4. The molecule has 0 aliphatic rings. The topological polar surface area (TPSA) is 95.9 Å². The van der Waals surface area contributed by atoms with Gasteiger partial charge in [-0.05, 0) is 51.4 Å². The maximum Gasteiger partial charge on any atom is 0.305 e. The van der Waals surface area contributed by atoms with Crippen LogP contribution in [0.2, 0.25) is 0 Å². The van der Waals surface area contributed by atoms with Crippen LogP contribution in [0.1, 0.15) is 425 Å². The van der Waals surface area contributed by atoms with Crippen LogP contribution in [-0.2, 0) is 14.3 Å². The number of amides is 1. The van der Waals surface area contributed by atoms with Crippen LogP contribution < -0.4 is 5.32 Å². The number of aliphatic hydroxyl groups is 2. The van der Waals surface area contributed by atoms with E-state index >= 15 is 0 Å². The number of carbonyl (C=O) groups is 2. The summed E-state index contributed by atoms with van der Waals surface area (Å²) in [6.07, 6.45) is 87.1. The van der Waals surface area contributed by atoms with Gasteiger partial charge in [-0.25, -0.2) is 0 Å². The van der Waals surface area contributed by atoms with E-state index in [0.29, 0.717) is 25.9 Å². The van der Waals surface area contributed by atoms with Gasteiger partial charge in [-0.15, -0.1) is 0 Å². The summed E-state index contributed by atoms with van der Waals surface area (Å²) in [6.45, 7) is 5.00. The van der Waals surface area contributed by atoms with Gasteiger partial charge in [0, 0.05) is 12.8 Å². The summed E-state index contributed by atoms with van der Waals surface area (Å²) < 4.78 is 5.50. The zero-order valence-corrected chi connectivity index (χ0v) is 54.6. The second kappa shape index (κ2) is 70.1. The predicted molar refractivity (Wildman–Crippen MR) is 352 cm³/mol. The lowest BCUT2D eigenvalue weighted by atomic mass is 10.0. The van der Waals surface area contributed by atoms with Gasteiger partial charge in [-0.2, -0.15) is 0 Å². The van der Waals surface area contributed by atoms with Crippen LogP contribution in [0.3, 0.4) is 0 Å². The molecule has 2 atom stereocenters. The number of ether oxygens (including phenoxy) is 1. The summed E-state index contributed by atoms with van der Waals surface area (Å²) in [5.74, 6) is -0.00697. The fourth-order valence-corrected chi connectivity index (χ4v) is 11.9. The van der Waals surface area contributed by atoms with Crippen molar-refractivity contribution in [2.24, 2.45) is 0 Å². The molecule has 80 heavy (non-hydrogen) atoms. The molecule has 0 radical (unpaired) electrons. The van der Waals surface area contributed by atoms with Gasteiger partial charge < -0.3 is 20.3 Å². The van der Waals surface area contributed by atoms with E-state index in [1.54, 1.807) is 0 Å². The van der Waals surface area contributed by atoms with E-state index in [1.807, 2.05) is 0 Å². The molecule has 0 rings (SSSR count). The van der Waals surface area contributed by atoms with E-state index in [9.17, 15) is 19.8 Å². The lowest BCUT2D eigenvalue weighted by molar-refractivity contribution is -0.143. The minimum atomic E-state index is -0.662. The highest BCUT2D eigenvalue weighted by Crippen LogP contribution is 2.19. The standard InChI is InChI=1S/C74H145NO5/c1-3-5-7-9-11-13-15-17-19-35-39-42-46-50-54-58-62-66-72(77)71(70-76)75-73(78)67-63-59-55-51-47-43-40-36-33-31-29-27-25-23-21-20-22-24-26-28-30-32-34-37-41-45-49-53-57-61-65-69-80-74(79)68-64-60-56-52-48-44-38-18-16-14-12-10-8-6-4-2/h22,24,71-72,76-77H,3-21,23,25-70H2,1-2H3,(H,75,78)/b24-22-. The van der Waals surface area contributed by atoms with E-state index in [0.717, 1.165) is 38.5 Å². The largest absolute Gasteiger partial charge is 0.466 e. The predicted octanol–water partition coefficient (Wildman–Crippen LogP) is 23.9. The lowest BCUT2D eigenvalue weighted by Crippen LogP contribution is -2.45. The lowest BCUT2D eigenvalue weighted by Gasteiger charge is -2.22. The van der Waals surface area contributed by atoms with E-state index in [-0.39, 0.29) is 18.5 Å². The van der Waals surface area contributed by atoms with Gasteiger partial charge in [0.1, 0.15) is 0 Å². The third-order valence-electron chi connectivity index (χ3n) is 17.6. The highest BCUT2D eigenvalue weighted by molar-refractivity contribution is 5.76. The van der Waals surface area contributed by atoms with Crippen molar-refractivity contribution in [1.29, 1.82) is 0 Å². The third-order valence-corrected chi connectivity index (χ3v) is 17.6. The molecule has 6 heteroatoms. The summed E-state index contributed by atoms with van der Waals surface area (Å²) >= 11 is 0. The Morgan fingerprint density at radius 2 is 0.588 bits per heavy atom. The molecular formula is C74H145NO5. The number of hydrogen-bond acceptors (Lipinski definition) is 5. The molecule has 0 aliphatic heterocycles. The molecule has 3 N–H and O–H groups in total. The molecule has 0 aromatic heterocycles. The van der Waals surface area contributed by atoms with Gasteiger partial charge in [-0.3, -0.25) is 9.59 Å². The fraction of sp³-hybridized carbons (Fsp3) is 0.946. The molecule has 0 bridgehead atoms. The minimum Gasteiger partial charge on any atom is -0.466 e. The van der Waals surface area contributed by atoms with Crippen molar-refractivity contribution in [3.05, 3.63) is 12.2 Å². The summed E-state index contributed by atoms with van der Waals surface area (Å²) in [5.41, 5.74) is 0. The second-order valence-corrected chi connectivity index (χ2v) is 25.6. The molecule has 0 heterocycles. The number of carbonyl (C=O) groups excluding carboxylic acids is 2. The average Bonchev–Trinajstić information content (AvgIpc) is 3.46. The number of aliphatic hydroxyl groups excluding tert-OH is 2. The highest BCUT2D eigenvalue weighted by Gasteiger charge is 2.20. The smallest absolute Gasteiger partial charge is 0.305 e. The van der Waals surface area contributed by atoms with Gasteiger partial charge in [0.05, 0.1) is 25.4 Å². The van der Waals surface area contributed by atoms with Gasteiger partial charge in [0.2, 0.25) is 5.91 Å². The van der Waals surface area contributed by atoms with Crippen LogP contribution in [0.15, 0.2) is 12.2 Å². The number of hydrogen-bond donors (Lipinski definition) is 3. The van der Waals surface area contributed by atoms with Crippen LogP contribution in [-0.4, -0.2) is 47.4 Å². The molecular weight excluding hydrogens is 983 g/mol. The molecule has 0 aliphatic carbocycles. The Balaban J connectivity index is 3.34. The van der Waals surface area contributed by atoms with Crippen molar-refractivity contribution in [2.45, 2.75) is 437 Å². The highest BCUT2D eigenvalue weighted by atomic mass is 16.5. The van der Waals surface area contributed by atoms with Gasteiger partial charge >= 0.3 is 5.97 Å². The monoisotopic (exact) mass is 1130 g/mol.